The second kappa shape index (κ2) is 5.44. The summed E-state index contributed by atoms with van der Waals surface area (Å²) in [6, 6.07) is 4.25. The van der Waals surface area contributed by atoms with E-state index in [0.717, 1.165) is 0 Å². The van der Waals surface area contributed by atoms with Crippen molar-refractivity contribution in [2.75, 3.05) is 26.2 Å². The molecule has 8 heteroatoms. The summed E-state index contributed by atoms with van der Waals surface area (Å²) in [4.78, 5) is 0.0936. The van der Waals surface area contributed by atoms with Gasteiger partial charge in [-0.3, -0.25) is 0 Å². The fourth-order valence-corrected chi connectivity index (χ4v) is 5.05. The molecule has 0 aromatic heterocycles. The molecule has 0 bridgehead atoms. The molecule has 0 radical (unpaired) electrons. The minimum Gasteiger partial charge on any atom is -0.374 e. The molecule has 3 rings (SSSR count). The first-order valence-corrected chi connectivity index (χ1v) is 8.49. The molecule has 2 aliphatic heterocycles. The van der Waals surface area contributed by atoms with Crippen LogP contribution < -0.4 is 5.32 Å². The van der Waals surface area contributed by atoms with Crippen molar-refractivity contribution in [3.8, 4) is 0 Å². The molecule has 2 aliphatic rings. The zero-order valence-corrected chi connectivity index (χ0v) is 12.9. The number of nitrogens with zero attached hydrogens (tertiary/aromatic N) is 1. The predicted octanol–water partition coefficient (Wildman–Crippen LogP) is 1.35. The highest BCUT2D eigenvalue weighted by Crippen LogP contribution is 2.31. The summed E-state index contributed by atoms with van der Waals surface area (Å²) in [5, 5.41) is 3.71. The predicted molar refractivity (Wildman–Crippen MR) is 76.8 cm³/mol. The smallest absolute Gasteiger partial charge is 0.245 e. The number of halogens is 2. The van der Waals surface area contributed by atoms with Gasteiger partial charge in [0, 0.05) is 24.7 Å². The molecule has 2 fully saturated rings. The molecule has 2 atom stereocenters. The zero-order valence-electron chi connectivity index (χ0n) is 10.6. The highest BCUT2D eigenvalue weighted by atomic mass is 35.5. The molecule has 1 aromatic rings. The number of sulfonamides is 1. The van der Waals surface area contributed by atoms with Crippen LogP contribution >= 0.6 is 23.2 Å². The molecule has 0 spiro atoms. The van der Waals surface area contributed by atoms with Crippen molar-refractivity contribution < 1.29 is 13.2 Å². The fourth-order valence-electron chi connectivity index (χ4n) is 2.67. The summed E-state index contributed by atoms with van der Waals surface area (Å²) in [7, 11) is -3.64. The van der Waals surface area contributed by atoms with Crippen LogP contribution in [0.5, 0.6) is 0 Å². The maximum atomic E-state index is 12.8. The molecule has 0 unspecified atom stereocenters. The number of hydrogen-bond acceptors (Lipinski definition) is 4. The Morgan fingerprint density at radius 1 is 1.30 bits per heavy atom. The van der Waals surface area contributed by atoms with Crippen molar-refractivity contribution in [1.82, 2.24) is 9.62 Å². The minimum absolute atomic E-state index is 0.0930. The second-order valence-electron chi connectivity index (χ2n) is 4.83. The molecular formula is C12H14Cl2N2O3S. The summed E-state index contributed by atoms with van der Waals surface area (Å²) in [6.07, 6.45) is -0.0930. The number of rotatable bonds is 2. The molecule has 2 saturated heterocycles. The first kappa shape index (κ1) is 14.6. The van der Waals surface area contributed by atoms with E-state index in [1.807, 2.05) is 0 Å². The van der Waals surface area contributed by atoms with Crippen LogP contribution in [0.25, 0.3) is 0 Å². The monoisotopic (exact) mass is 336 g/mol. The van der Waals surface area contributed by atoms with Crippen LogP contribution in [0, 0.1) is 0 Å². The lowest BCUT2D eigenvalue weighted by molar-refractivity contribution is -0.0149. The molecule has 20 heavy (non-hydrogen) atoms. The van der Waals surface area contributed by atoms with Crippen LogP contribution in [0.1, 0.15) is 0 Å². The largest absolute Gasteiger partial charge is 0.374 e. The van der Waals surface area contributed by atoms with E-state index in [1.165, 1.54) is 22.5 Å². The maximum absolute atomic E-state index is 12.8. The Kier molecular flexibility index (Phi) is 3.96. The molecule has 1 N–H and O–H groups in total. The lowest BCUT2D eigenvalue weighted by atomic mass is 10.2. The Labute approximate surface area is 127 Å². The van der Waals surface area contributed by atoms with Gasteiger partial charge in [0.05, 0.1) is 23.8 Å². The third-order valence-electron chi connectivity index (χ3n) is 3.62. The van der Waals surface area contributed by atoms with Crippen molar-refractivity contribution in [3.05, 3.63) is 28.2 Å². The van der Waals surface area contributed by atoms with Gasteiger partial charge in [0.2, 0.25) is 10.0 Å². The van der Waals surface area contributed by atoms with Gasteiger partial charge in [0.1, 0.15) is 4.90 Å². The van der Waals surface area contributed by atoms with Crippen molar-refractivity contribution in [1.29, 1.82) is 0 Å². The van der Waals surface area contributed by atoms with Gasteiger partial charge in [-0.2, -0.15) is 4.31 Å². The Morgan fingerprint density at radius 3 is 2.85 bits per heavy atom. The normalized spacial score (nSPS) is 27.5. The van der Waals surface area contributed by atoms with E-state index < -0.39 is 10.0 Å². The molecule has 0 aliphatic carbocycles. The van der Waals surface area contributed by atoms with Gasteiger partial charge < -0.3 is 10.1 Å². The van der Waals surface area contributed by atoms with Crippen LogP contribution in [0.3, 0.4) is 0 Å². The summed E-state index contributed by atoms with van der Waals surface area (Å²) in [5.41, 5.74) is 0. The lowest BCUT2D eigenvalue weighted by Gasteiger charge is -2.36. The SMILES string of the molecule is O=S(=O)(c1ccc(Cl)cc1Cl)N1CCO[C@H]2CNC[C@H]21. The van der Waals surface area contributed by atoms with Crippen molar-refractivity contribution in [3.63, 3.8) is 0 Å². The number of hydrogen-bond donors (Lipinski definition) is 1. The van der Waals surface area contributed by atoms with Crippen molar-refractivity contribution >= 4 is 33.2 Å². The highest BCUT2D eigenvalue weighted by Gasteiger charge is 2.42. The van der Waals surface area contributed by atoms with E-state index in [1.54, 1.807) is 0 Å². The van der Waals surface area contributed by atoms with Gasteiger partial charge in [-0.25, -0.2) is 8.42 Å². The van der Waals surface area contributed by atoms with Gasteiger partial charge in [0.25, 0.3) is 0 Å². The third kappa shape index (κ3) is 2.45. The standard InChI is InChI=1S/C12H14Cl2N2O3S/c13-8-1-2-12(9(14)5-8)20(17,18)16-3-4-19-11-7-15-6-10(11)16/h1-2,5,10-11,15H,3-4,6-7H2/t10-,11+/m1/s1. The average Bonchev–Trinajstić information content (AvgIpc) is 2.85. The third-order valence-corrected chi connectivity index (χ3v) is 6.26. The number of morpholine rings is 1. The van der Waals surface area contributed by atoms with Crippen LogP contribution in [-0.2, 0) is 14.8 Å². The molecule has 2 heterocycles. The van der Waals surface area contributed by atoms with Crippen LogP contribution in [0.4, 0.5) is 0 Å². The van der Waals surface area contributed by atoms with Gasteiger partial charge in [0.15, 0.2) is 0 Å². The van der Waals surface area contributed by atoms with E-state index in [4.69, 9.17) is 27.9 Å². The van der Waals surface area contributed by atoms with Crippen LogP contribution in [0.2, 0.25) is 10.0 Å². The van der Waals surface area contributed by atoms with Crippen LogP contribution in [-0.4, -0.2) is 51.1 Å². The van der Waals surface area contributed by atoms with E-state index in [2.05, 4.69) is 5.32 Å². The maximum Gasteiger partial charge on any atom is 0.245 e. The minimum atomic E-state index is -3.64. The first-order valence-electron chi connectivity index (χ1n) is 6.29. The highest BCUT2D eigenvalue weighted by molar-refractivity contribution is 7.89. The van der Waals surface area contributed by atoms with E-state index in [9.17, 15) is 8.42 Å². The molecule has 0 saturated carbocycles. The summed E-state index contributed by atoms with van der Waals surface area (Å²) in [5.74, 6) is 0. The Balaban J connectivity index is 1.98. The molecule has 0 amide bonds. The molecule has 110 valence electrons. The lowest BCUT2D eigenvalue weighted by Crippen LogP contribution is -2.53. The Morgan fingerprint density at radius 2 is 2.10 bits per heavy atom. The van der Waals surface area contributed by atoms with E-state index in [-0.39, 0.29) is 22.1 Å². The van der Waals surface area contributed by atoms with Gasteiger partial charge in [-0.1, -0.05) is 23.2 Å². The topological polar surface area (TPSA) is 58.6 Å². The van der Waals surface area contributed by atoms with Gasteiger partial charge in [-0.05, 0) is 18.2 Å². The first-order chi connectivity index (χ1) is 9.50. The van der Waals surface area contributed by atoms with E-state index in [0.29, 0.717) is 31.3 Å². The second-order valence-corrected chi connectivity index (χ2v) is 7.53. The van der Waals surface area contributed by atoms with Gasteiger partial charge in [-0.15, -0.1) is 0 Å². The quantitative estimate of drug-likeness (QED) is 0.885. The van der Waals surface area contributed by atoms with Crippen molar-refractivity contribution in [2.24, 2.45) is 0 Å². The fraction of sp³-hybridized carbons (Fsp3) is 0.500. The molecule has 5 nitrogen and oxygen atoms in total. The number of nitrogens with one attached hydrogen (secondary N) is 1. The van der Waals surface area contributed by atoms with E-state index >= 15 is 0 Å². The summed E-state index contributed by atoms with van der Waals surface area (Å²) in [6.45, 7) is 2.00. The van der Waals surface area contributed by atoms with Crippen molar-refractivity contribution in [2.45, 2.75) is 17.0 Å². The van der Waals surface area contributed by atoms with Crippen LogP contribution in [0.15, 0.2) is 23.1 Å². The number of benzene rings is 1. The average molecular weight is 337 g/mol. The van der Waals surface area contributed by atoms with Gasteiger partial charge >= 0.3 is 0 Å². The number of fused-ring (bicyclic) bond motifs is 1. The molecular weight excluding hydrogens is 323 g/mol. The Bertz CT molecular complexity index is 623. The summed E-state index contributed by atoms with van der Waals surface area (Å²) >= 11 is 11.9. The number of ether oxygens (including phenoxy) is 1. The summed E-state index contributed by atoms with van der Waals surface area (Å²) < 4.78 is 32.6. The zero-order chi connectivity index (χ0) is 14.3. The molecule has 1 aromatic carbocycles. The Hall–Kier alpha value is -0.370.